The molecule has 2 heterocycles. The maximum absolute atomic E-state index is 12.4. The third-order valence-electron chi connectivity index (χ3n) is 5.90. The van der Waals surface area contributed by atoms with Crippen molar-refractivity contribution in [3.8, 4) is 5.75 Å². The molecule has 0 radical (unpaired) electrons. The van der Waals surface area contributed by atoms with Gasteiger partial charge >= 0.3 is 5.97 Å². The number of fused-ring (bicyclic) bond motifs is 1. The van der Waals surface area contributed by atoms with Crippen LogP contribution >= 0.6 is 0 Å². The summed E-state index contributed by atoms with van der Waals surface area (Å²) in [5.41, 5.74) is 2.29. The first-order valence-corrected chi connectivity index (χ1v) is 11.6. The molecule has 0 unspecified atom stereocenters. The topological polar surface area (TPSA) is 95.0 Å². The van der Waals surface area contributed by atoms with E-state index in [1.807, 2.05) is 25.1 Å². The molecule has 8 heteroatoms. The molecule has 2 N–H and O–H groups in total. The molecule has 178 valence electrons. The van der Waals surface area contributed by atoms with Crippen LogP contribution in [0.15, 0.2) is 48.5 Å². The molecule has 0 atom stereocenters. The molecular formula is C26H30N4O4. The van der Waals surface area contributed by atoms with Crippen molar-refractivity contribution in [3.63, 3.8) is 0 Å². The monoisotopic (exact) mass is 462 g/mol. The highest BCUT2D eigenvalue weighted by Crippen LogP contribution is 2.27. The van der Waals surface area contributed by atoms with E-state index in [1.54, 1.807) is 30.3 Å². The Bertz CT molecular complexity index is 1190. The molecule has 0 spiro atoms. The number of pyridine rings is 1. The quantitative estimate of drug-likeness (QED) is 0.526. The van der Waals surface area contributed by atoms with Gasteiger partial charge in [-0.05, 0) is 61.9 Å². The van der Waals surface area contributed by atoms with Crippen molar-refractivity contribution in [2.75, 3.05) is 49.5 Å². The fourth-order valence-electron chi connectivity index (χ4n) is 4.20. The molecule has 3 aromatic rings. The van der Waals surface area contributed by atoms with Crippen molar-refractivity contribution < 1.29 is 19.4 Å². The first-order chi connectivity index (χ1) is 16.4. The number of aromatic nitrogens is 1. The van der Waals surface area contributed by atoms with Gasteiger partial charge in [-0.3, -0.25) is 9.69 Å². The summed E-state index contributed by atoms with van der Waals surface area (Å²) in [6.07, 6.45) is 1.12. The lowest BCUT2D eigenvalue weighted by Crippen LogP contribution is -2.46. The number of carboxylic acid groups (broad SMARTS) is 1. The average molecular weight is 463 g/mol. The lowest BCUT2D eigenvalue weighted by atomic mass is 10.1. The van der Waals surface area contributed by atoms with Crippen LogP contribution in [-0.4, -0.2) is 66.2 Å². The minimum Gasteiger partial charge on any atom is -0.484 e. The zero-order chi connectivity index (χ0) is 24.1. The predicted molar refractivity (Wildman–Crippen MR) is 133 cm³/mol. The van der Waals surface area contributed by atoms with Crippen molar-refractivity contribution in [2.45, 2.75) is 20.3 Å². The normalized spacial score (nSPS) is 14.2. The zero-order valence-electron chi connectivity index (χ0n) is 19.6. The Morgan fingerprint density at radius 3 is 2.59 bits per heavy atom. The summed E-state index contributed by atoms with van der Waals surface area (Å²) in [4.78, 5) is 33.7. The Labute approximate surface area is 199 Å². The maximum Gasteiger partial charge on any atom is 0.336 e. The number of nitrogens with one attached hydrogen (secondary N) is 1. The van der Waals surface area contributed by atoms with E-state index in [0.29, 0.717) is 28.2 Å². The first-order valence-electron chi connectivity index (χ1n) is 11.6. The fourth-order valence-corrected chi connectivity index (χ4v) is 4.20. The summed E-state index contributed by atoms with van der Waals surface area (Å²) < 4.78 is 5.55. The number of amides is 1. The highest BCUT2D eigenvalue weighted by Gasteiger charge is 2.20. The van der Waals surface area contributed by atoms with Crippen LogP contribution in [0.2, 0.25) is 0 Å². The number of hydrogen-bond acceptors (Lipinski definition) is 6. The van der Waals surface area contributed by atoms with Crippen LogP contribution in [0.25, 0.3) is 10.9 Å². The minimum absolute atomic E-state index is 0.144. The molecule has 0 aliphatic carbocycles. The number of piperazine rings is 1. The van der Waals surface area contributed by atoms with Gasteiger partial charge in [0.15, 0.2) is 6.61 Å². The van der Waals surface area contributed by atoms with E-state index < -0.39 is 5.97 Å². The Morgan fingerprint density at radius 2 is 1.88 bits per heavy atom. The lowest BCUT2D eigenvalue weighted by Gasteiger charge is -2.35. The summed E-state index contributed by atoms with van der Waals surface area (Å²) >= 11 is 0. The number of carbonyl (C=O) groups is 2. The summed E-state index contributed by atoms with van der Waals surface area (Å²) in [7, 11) is 0. The molecule has 0 bridgehead atoms. The Morgan fingerprint density at radius 1 is 1.09 bits per heavy atom. The molecule has 1 saturated heterocycles. The van der Waals surface area contributed by atoms with Crippen molar-refractivity contribution in [1.29, 1.82) is 0 Å². The molecule has 1 aliphatic rings. The van der Waals surface area contributed by atoms with Gasteiger partial charge in [0.2, 0.25) is 0 Å². The van der Waals surface area contributed by atoms with Gasteiger partial charge in [0.25, 0.3) is 5.91 Å². The Kier molecular flexibility index (Phi) is 7.27. The van der Waals surface area contributed by atoms with Crippen LogP contribution in [-0.2, 0) is 4.79 Å². The van der Waals surface area contributed by atoms with Crippen LogP contribution in [0.3, 0.4) is 0 Å². The number of anilines is 2. The van der Waals surface area contributed by atoms with Crippen molar-refractivity contribution in [3.05, 3.63) is 59.7 Å². The van der Waals surface area contributed by atoms with Gasteiger partial charge < -0.3 is 20.1 Å². The van der Waals surface area contributed by atoms with Crippen LogP contribution in [0.5, 0.6) is 5.75 Å². The number of rotatable bonds is 8. The molecule has 34 heavy (non-hydrogen) atoms. The number of carbonyl (C=O) groups excluding carboxylic acids is 1. The summed E-state index contributed by atoms with van der Waals surface area (Å²) in [6, 6.07) is 14.2. The van der Waals surface area contributed by atoms with Crippen LogP contribution in [0.1, 0.15) is 29.3 Å². The van der Waals surface area contributed by atoms with Gasteiger partial charge in [-0.25, -0.2) is 9.78 Å². The van der Waals surface area contributed by atoms with E-state index in [4.69, 9.17) is 9.72 Å². The summed E-state index contributed by atoms with van der Waals surface area (Å²) in [5.74, 6) is -0.0599. The van der Waals surface area contributed by atoms with Gasteiger partial charge in [-0.1, -0.05) is 19.1 Å². The molecule has 1 aromatic heterocycles. The maximum atomic E-state index is 12.4. The summed E-state index contributed by atoms with van der Waals surface area (Å²) in [5, 5.41) is 13.1. The van der Waals surface area contributed by atoms with E-state index in [2.05, 4.69) is 22.0 Å². The smallest absolute Gasteiger partial charge is 0.336 e. The minimum atomic E-state index is -1.02. The van der Waals surface area contributed by atoms with E-state index >= 15 is 0 Å². The van der Waals surface area contributed by atoms with Crippen LogP contribution < -0.4 is 15.0 Å². The highest BCUT2D eigenvalue weighted by molar-refractivity contribution is 6.05. The molecule has 8 nitrogen and oxygen atoms in total. The highest BCUT2D eigenvalue weighted by atomic mass is 16.5. The fraction of sp³-hybridized carbons (Fsp3) is 0.346. The van der Waals surface area contributed by atoms with E-state index in [0.717, 1.165) is 44.7 Å². The standard InChI is InChI=1S/C26H30N4O4/c1-3-9-29-10-12-30(13-11-29)24-16-22(26(32)33)21-15-19(7-8-23(21)28-24)27-25(31)17-34-20-6-4-5-18(2)14-20/h4-8,14-16H,3,9-13,17H2,1-2H3,(H,27,31)(H,32,33). The van der Waals surface area contributed by atoms with Crippen LogP contribution in [0.4, 0.5) is 11.5 Å². The largest absolute Gasteiger partial charge is 0.484 e. The molecule has 1 aliphatic heterocycles. The number of aryl methyl sites for hydroxylation is 1. The van der Waals surface area contributed by atoms with Crippen LogP contribution in [0, 0.1) is 6.92 Å². The molecule has 2 aromatic carbocycles. The van der Waals surface area contributed by atoms with Gasteiger partial charge in [-0.15, -0.1) is 0 Å². The third kappa shape index (κ3) is 5.63. The van der Waals surface area contributed by atoms with E-state index in [1.165, 1.54) is 0 Å². The number of ether oxygens (including phenoxy) is 1. The number of hydrogen-bond donors (Lipinski definition) is 2. The SMILES string of the molecule is CCCN1CCN(c2cc(C(=O)O)c3cc(NC(=O)COc4cccc(C)c4)ccc3n2)CC1. The molecular weight excluding hydrogens is 432 g/mol. The molecule has 1 fully saturated rings. The van der Waals surface area contributed by atoms with Gasteiger partial charge in [0.05, 0.1) is 11.1 Å². The van der Waals surface area contributed by atoms with Crippen molar-refractivity contribution in [2.24, 2.45) is 0 Å². The zero-order valence-corrected chi connectivity index (χ0v) is 19.6. The second-order valence-corrected chi connectivity index (χ2v) is 8.55. The van der Waals surface area contributed by atoms with Gasteiger partial charge in [-0.2, -0.15) is 0 Å². The van der Waals surface area contributed by atoms with Crippen molar-refractivity contribution >= 4 is 34.3 Å². The number of benzene rings is 2. The molecule has 1 amide bonds. The third-order valence-corrected chi connectivity index (χ3v) is 5.90. The van der Waals surface area contributed by atoms with E-state index in [9.17, 15) is 14.7 Å². The lowest BCUT2D eigenvalue weighted by molar-refractivity contribution is -0.118. The number of aromatic carboxylic acids is 1. The predicted octanol–water partition coefficient (Wildman–Crippen LogP) is 3.79. The molecule has 0 saturated carbocycles. The van der Waals surface area contributed by atoms with E-state index in [-0.39, 0.29) is 18.1 Å². The first kappa shape index (κ1) is 23.5. The van der Waals surface area contributed by atoms with Crippen molar-refractivity contribution in [1.82, 2.24) is 9.88 Å². The second kappa shape index (κ2) is 10.5. The Balaban J connectivity index is 1.49. The number of nitrogens with zero attached hydrogens (tertiary/aromatic N) is 3. The summed E-state index contributed by atoms with van der Waals surface area (Å²) in [6.45, 7) is 8.55. The second-order valence-electron chi connectivity index (χ2n) is 8.55. The number of carboxylic acids is 1. The molecule has 4 rings (SSSR count). The van der Waals surface area contributed by atoms with Gasteiger partial charge in [0, 0.05) is 37.3 Å². The van der Waals surface area contributed by atoms with Gasteiger partial charge in [0.1, 0.15) is 11.6 Å². The Hall–Kier alpha value is -3.65. The average Bonchev–Trinajstić information content (AvgIpc) is 2.83.